The maximum atomic E-state index is 12.3. The van der Waals surface area contributed by atoms with Crippen LogP contribution in [-0.2, 0) is 23.0 Å². The van der Waals surface area contributed by atoms with Crippen molar-refractivity contribution in [3.63, 3.8) is 0 Å². The third-order valence-corrected chi connectivity index (χ3v) is 5.40. The van der Waals surface area contributed by atoms with Gasteiger partial charge in [0.2, 0.25) is 0 Å². The fourth-order valence-corrected chi connectivity index (χ4v) is 4.11. The number of hydrogen-bond acceptors (Lipinski definition) is 4. The van der Waals surface area contributed by atoms with Crippen LogP contribution in [0.1, 0.15) is 76.9 Å². The first-order chi connectivity index (χ1) is 14.7. The van der Waals surface area contributed by atoms with Crippen molar-refractivity contribution in [2.24, 2.45) is 7.05 Å². The smallest absolute Gasteiger partial charge is 0.339 e. The molecule has 1 N–H and O–H groups in total. The number of nitrogens with zero attached hydrogens (tertiary/aromatic N) is 2. The number of carboxylic acids is 1. The molecule has 0 saturated heterocycles. The van der Waals surface area contributed by atoms with Crippen molar-refractivity contribution >= 4 is 11.5 Å². The third kappa shape index (κ3) is 5.01. The van der Waals surface area contributed by atoms with Gasteiger partial charge in [0.15, 0.2) is 6.10 Å². The van der Waals surface area contributed by atoms with E-state index in [4.69, 9.17) is 14.6 Å². The van der Waals surface area contributed by atoms with Gasteiger partial charge in [0.1, 0.15) is 5.75 Å². The van der Waals surface area contributed by atoms with Crippen LogP contribution in [0.5, 0.6) is 5.75 Å². The molecule has 3 rings (SSSR count). The summed E-state index contributed by atoms with van der Waals surface area (Å²) < 4.78 is 13.5. The Morgan fingerprint density at radius 2 is 2.13 bits per heavy atom. The quantitative estimate of drug-likeness (QED) is 0.628. The number of aromatic nitrogens is 2. The lowest BCUT2D eigenvalue weighted by Gasteiger charge is -2.26. The lowest BCUT2D eigenvalue weighted by atomic mass is 9.92. The van der Waals surface area contributed by atoms with Crippen molar-refractivity contribution in [1.82, 2.24) is 9.78 Å². The number of carbonyl (C=O) groups is 1. The Labute approximate surface area is 184 Å². The normalized spacial score (nSPS) is 15.4. The Balaban J connectivity index is 2.26. The van der Waals surface area contributed by atoms with E-state index in [0.29, 0.717) is 5.69 Å². The molecule has 2 aromatic rings. The first-order valence-corrected chi connectivity index (χ1v) is 11.1. The molecule has 0 fully saturated rings. The van der Waals surface area contributed by atoms with Crippen LogP contribution >= 0.6 is 0 Å². The van der Waals surface area contributed by atoms with Gasteiger partial charge in [0, 0.05) is 12.6 Å². The van der Waals surface area contributed by atoms with Crippen molar-refractivity contribution < 1.29 is 19.4 Å². The Bertz CT molecular complexity index is 982. The van der Waals surface area contributed by atoms with Crippen molar-refractivity contribution in [3.8, 4) is 16.9 Å². The Morgan fingerprint density at radius 1 is 1.39 bits per heavy atom. The molecule has 1 unspecified atom stereocenters. The maximum Gasteiger partial charge on any atom is 0.339 e. The van der Waals surface area contributed by atoms with Gasteiger partial charge in [-0.2, -0.15) is 5.10 Å². The summed E-state index contributed by atoms with van der Waals surface area (Å²) in [6.07, 6.45) is 4.70. The molecule has 0 amide bonds. The van der Waals surface area contributed by atoms with E-state index in [1.807, 2.05) is 39.8 Å². The van der Waals surface area contributed by atoms with E-state index in [1.54, 1.807) is 11.7 Å². The van der Waals surface area contributed by atoms with Crippen molar-refractivity contribution in [1.29, 1.82) is 0 Å². The average Bonchev–Trinajstić information content (AvgIpc) is 3.05. The molecule has 1 aromatic heterocycles. The van der Waals surface area contributed by atoms with E-state index < -0.39 is 17.7 Å². The SMILES string of the molecule is CC=C(CCC)c1nn(C)c(C(OC(C)(C)C)C(=O)O)c1-c1ccc2c(c1)CCCO2. The van der Waals surface area contributed by atoms with E-state index in [-0.39, 0.29) is 0 Å². The molecule has 1 aromatic carbocycles. The van der Waals surface area contributed by atoms with E-state index in [1.165, 1.54) is 0 Å². The zero-order valence-corrected chi connectivity index (χ0v) is 19.5. The molecule has 6 heteroatoms. The number of aryl methyl sites for hydroxylation is 2. The number of allylic oxidation sites excluding steroid dienone is 2. The highest BCUT2D eigenvalue weighted by Gasteiger charge is 2.34. The molecule has 1 atom stereocenters. The van der Waals surface area contributed by atoms with Crippen molar-refractivity contribution in [2.75, 3.05) is 6.61 Å². The van der Waals surface area contributed by atoms with Gasteiger partial charge in [0.05, 0.1) is 23.6 Å². The number of ether oxygens (including phenoxy) is 2. The number of hydrogen-bond donors (Lipinski definition) is 1. The molecule has 0 bridgehead atoms. The topological polar surface area (TPSA) is 73.6 Å². The zero-order valence-electron chi connectivity index (χ0n) is 19.5. The van der Waals surface area contributed by atoms with Gasteiger partial charge < -0.3 is 14.6 Å². The van der Waals surface area contributed by atoms with E-state index in [0.717, 1.165) is 66.0 Å². The molecule has 1 aliphatic rings. The summed E-state index contributed by atoms with van der Waals surface area (Å²) in [5.74, 6) is -0.118. The third-order valence-electron chi connectivity index (χ3n) is 5.40. The summed E-state index contributed by atoms with van der Waals surface area (Å²) in [6, 6.07) is 6.11. The summed E-state index contributed by atoms with van der Waals surface area (Å²) in [5, 5.41) is 14.9. The molecule has 0 spiro atoms. The second kappa shape index (κ2) is 9.27. The first kappa shape index (κ1) is 23.1. The summed E-state index contributed by atoms with van der Waals surface area (Å²) >= 11 is 0. The fourth-order valence-electron chi connectivity index (χ4n) is 4.11. The van der Waals surface area contributed by atoms with Gasteiger partial charge >= 0.3 is 5.97 Å². The molecule has 6 nitrogen and oxygen atoms in total. The number of fused-ring (bicyclic) bond motifs is 1. The van der Waals surface area contributed by atoms with E-state index >= 15 is 0 Å². The predicted molar refractivity (Wildman–Crippen MR) is 122 cm³/mol. The monoisotopic (exact) mass is 426 g/mol. The van der Waals surface area contributed by atoms with Gasteiger partial charge in [-0.05, 0) is 75.8 Å². The van der Waals surface area contributed by atoms with Crippen LogP contribution < -0.4 is 4.74 Å². The highest BCUT2D eigenvalue weighted by molar-refractivity contribution is 5.86. The second-order valence-electron chi connectivity index (χ2n) is 9.02. The molecule has 168 valence electrons. The van der Waals surface area contributed by atoms with Crippen molar-refractivity contribution in [2.45, 2.75) is 72.0 Å². The number of aliphatic carboxylic acids is 1. The molecular formula is C25H34N2O4. The van der Waals surface area contributed by atoms with Crippen LogP contribution in [0.25, 0.3) is 16.7 Å². The van der Waals surface area contributed by atoms with Gasteiger partial charge in [-0.25, -0.2) is 4.79 Å². The van der Waals surface area contributed by atoms with E-state index in [9.17, 15) is 9.90 Å². The van der Waals surface area contributed by atoms with E-state index in [2.05, 4.69) is 19.1 Å². The van der Waals surface area contributed by atoms with Gasteiger partial charge in [-0.15, -0.1) is 0 Å². The minimum Gasteiger partial charge on any atom is -0.493 e. The Hall–Kier alpha value is -2.60. The lowest BCUT2D eigenvalue weighted by Crippen LogP contribution is -2.29. The molecule has 2 heterocycles. The average molecular weight is 427 g/mol. The lowest BCUT2D eigenvalue weighted by molar-refractivity contribution is -0.161. The fraction of sp³-hybridized carbons (Fsp3) is 0.520. The van der Waals surface area contributed by atoms with Gasteiger partial charge in [-0.3, -0.25) is 4.68 Å². The molecule has 0 aliphatic carbocycles. The Kier molecular flexibility index (Phi) is 6.90. The number of benzene rings is 1. The first-order valence-electron chi connectivity index (χ1n) is 11.1. The van der Waals surface area contributed by atoms with Crippen LogP contribution in [-0.4, -0.2) is 33.1 Å². The Morgan fingerprint density at radius 3 is 2.74 bits per heavy atom. The van der Waals surface area contributed by atoms with Gasteiger partial charge in [-0.1, -0.05) is 25.5 Å². The predicted octanol–water partition coefficient (Wildman–Crippen LogP) is 5.56. The molecular weight excluding hydrogens is 392 g/mol. The molecule has 31 heavy (non-hydrogen) atoms. The van der Waals surface area contributed by atoms with Crippen LogP contribution in [0.2, 0.25) is 0 Å². The molecule has 1 aliphatic heterocycles. The maximum absolute atomic E-state index is 12.3. The van der Waals surface area contributed by atoms with Crippen LogP contribution in [0.4, 0.5) is 0 Å². The number of carboxylic acid groups (broad SMARTS) is 1. The highest BCUT2D eigenvalue weighted by atomic mass is 16.5. The summed E-state index contributed by atoms with van der Waals surface area (Å²) in [5.41, 5.74) is 4.78. The summed E-state index contributed by atoms with van der Waals surface area (Å²) in [7, 11) is 1.80. The zero-order chi connectivity index (χ0) is 22.8. The summed E-state index contributed by atoms with van der Waals surface area (Å²) in [4.78, 5) is 12.3. The van der Waals surface area contributed by atoms with Gasteiger partial charge in [0.25, 0.3) is 0 Å². The highest BCUT2D eigenvalue weighted by Crippen LogP contribution is 2.40. The molecule has 0 saturated carbocycles. The standard InChI is InChI=1S/C25H34N2O4/c1-7-10-16(8-2)21-20(18-12-13-19-17(15-18)11-9-14-30-19)22(27(6)26-21)23(24(28)29)31-25(3,4)5/h8,12-13,15,23H,7,9-11,14H2,1-6H3,(H,28,29). The minimum absolute atomic E-state index is 0.560. The van der Waals surface area contributed by atoms with Crippen LogP contribution in [0.15, 0.2) is 24.3 Å². The largest absolute Gasteiger partial charge is 0.493 e. The van der Waals surface area contributed by atoms with Crippen LogP contribution in [0, 0.1) is 0 Å². The number of rotatable bonds is 7. The minimum atomic E-state index is -1.13. The van der Waals surface area contributed by atoms with Crippen molar-refractivity contribution in [3.05, 3.63) is 41.2 Å². The van der Waals surface area contributed by atoms with Crippen LogP contribution in [0.3, 0.4) is 0 Å². The molecule has 0 radical (unpaired) electrons. The summed E-state index contributed by atoms with van der Waals surface area (Å²) in [6.45, 7) is 10.5. The second-order valence-corrected chi connectivity index (χ2v) is 9.02.